The molecule has 0 N–H and O–H groups in total. The van der Waals surface area contributed by atoms with Gasteiger partial charge in [-0.2, -0.15) is 4.31 Å². The number of carbonyl (C=O) groups excluding carboxylic acids is 1. The molecule has 7 nitrogen and oxygen atoms in total. The van der Waals surface area contributed by atoms with Gasteiger partial charge in [0.1, 0.15) is 18.1 Å². The van der Waals surface area contributed by atoms with Crippen LogP contribution in [0.4, 0.5) is 0 Å². The van der Waals surface area contributed by atoms with E-state index in [1.807, 2.05) is 25.1 Å². The van der Waals surface area contributed by atoms with Gasteiger partial charge in [0.15, 0.2) is 0 Å². The minimum atomic E-state index is -3.26. The average molecular weight is 422 g/mol. The van der Waals surface area contributed by atoms with Gasteiger partial charge in [-0.05, 0) is 37.5 Å². The molecule has 9 heteroatoms. The molecule has 1 aromatic heterocycles. The number of amides is 1. The summed E-state index contributed by atoms with van der Waals surface area (Å²) in [5.41, 5.74) is 3.87. The van der Waals surface area contributed by atoms with Crippen molar-refractivity contribution in [2.24, 2.45) is 0 Å². The summed E-state index contributed by atoms with van der Waals surface area (Å²) in [5, 5.41) is 1.75. The summed E-state index contributed by atoms with van der Waals surface area (Å²) < 4.78 is 31.7. The first-order valence-electron chi connectivity index (χ1n) is 9.23. The Morgan fingerprint density at radius 1 is 1.39 bits per heavy atom. The van der Waals surface area contributed by atoms with E-state index >= 15 is 0 Å². The highest BCUT2D eigenvalue weighted by atomic mass is 32.2. The van der Waals surface area contributed by atoms with Gasteiger partial charge in [0.25, 0.3) is 5.91 Å². The van der Waals surface area contributed by atoms with Crippen LogP contribution in [0.1, 0.15) is 41.4 Å². The second kappa shape index (κ2) is 7.46. The molecule has 1 amide bonds. The van der Waals surface area contributed by atoms with Crippen LogP contribution >= 0.6 is 11.3 Å². The van der Waals surface area contributed by atoms with Crippen LogP contribution < -0.4 is 4.74 Å². The van der Waals surface area contributed by atoms with E-state index in [9.17, 15) is 13.2 Å². The molecule has 28 heavy (non-hydrogen) atoms. The molecule has 0 bridgehead atoms. The van der Waals surface area contributed by atoms with Crippen molar-refractivity contribution >= 4 is 27.3 Å². The number of aromatic nitrogens is 1. The highest BCUT2D eigenvalue weighted by Gasteiger charge is 2.35. The number of fused-ring (bicyclic) bond motifs is 1. The monoisotopic (exact) mass is 421 g/mol. The van der Waals surface area contributed by atoms with Crippen LogP contribution in [0, 0.1) is 0 Å². The zero-order valence-corrected chi connectivity index (χ0v) is 17.5. The molecule has 0 radical (unpaired) electrons. The Hall–Kier alpha value is -1.97. The van der Waals surface area contributed by atoms with E-state index in [0.29, 0.717) is 25.4 Å². The van der Waals surface area contributed by atoms with Crippen molar-refractivity contribution in [3.8, 4) is 5.75 Å². The van der Waals surface area contributed by atoms with Gasteiger partial charge >= 0.3 is 0 Å². The highest BCUT2D eigenvalue weighted by molar-refractivity contribution is 7.88. The van der Waals surface area contributed by atoms with Gasteiger partial charge in [0, 0.05) is 23.5 Å². The fourth-order valence-corrected chi connectivity index (χ4v) is 5.09. The Labute approximate surface area is 169 Å². The van der Waals surface area contributed by atoms with Crippen LogP contribution in [-0.4, -0.2) is 53.5 Å². The summed E-state index contributed by atoms with van der Waals surface area (Å²) in [6.07, 6.45) is 3.08. The van der Waals surface area contributed by atoms with E-state index in [2.05, 4.69) is 4.98 Å². The van der Waals surface area contributed by atoms with Crippen LogP contribution in [0.15, 0.2) is 29.1 Å². The van der Waals surface area contributed by atoms with Crippen LogP contribution in [-0.2, 0) is 23.1 Å². The number of hydrogen-bond donors (Lipinski definition) is 0. The molecule has 1 atom stereocenters. The summed E-state index contributed by atoms with van der Waals surface area (Å²) in [5.74, 6) is 0.618. The molecule has 1 saturated carbocycles. The molecule has 1 aliphatic heterocycles. The van der Waals surface area contributed by atoms with Crippen molar-refractivity contribution < 1.29 is 17.9 Å². The Morgan fingerprint density at radius 2 is 2.18 bits per heavy atom. The first-order valence-corrected chi connectivity index (χ1v) is 12.0. The molecule has 1 aromatic carbocycles. The second-order valence-corrected chi connectivity index (χ2v) is 10.1. The number of benzene rings is 1. The second-order valence-electron chi connectivity index (χ2n) is 7.45. The molecule has 0 saturated heterocycles. The average Bonchev–Trinajstić information content (AvgIpc) is 3.36. The van der Waals surface area contributed by atoms with E-state index in [1.54, 1.807) is 20.1 Å². The van der Waals surface area contributed by atoms with Crippen LogP contribution in [0.25, 0.3) is 0 Å². The van der Waals surface area contributed by atoms with Crippen molar-refractivity contribution in [2.75, 3.05) is 12.9 Å². The Morgan fingerprint density at radius 3 is 2.82 bits per heavy atom. The maximum Gasteiger partial charge on any atom is 0.273 e. The predicted molar refractivity (Wildman–Crippen MR) is 107 cm³/mol. The first kappa shape index (κ1) is 19.4. The van der Waals surface area contributed by atoms with Gasteiger partial charge in [-0.3, -0.25) is 4.79 Å². The quantitative estimate of drug-likeness (QED) is 0.741. The molecular formula is C19H23N3O4S2. The van der Waals surface area contributed by atoms with Gasteiger partial charge < -0.3 is 9.64 Å². The number of carbonyl (C=O) groups is 1. The third-order valence-electron chi connectivity index (χ3n) is 5.11. The lowest BCUT2D eigenvalue weighted by Gasteiger charge is -2.25. The van der Waals surface area contributed by atoms with Crippen LogP contribution in [0.5, 0.6) is 5.75 Å². The Bertz CT molecular complexity index is 971. The predicted octanol–water partition coefficient (Wildman–Crippen LogP) is 2.49. The number of rotatable bonds is 5. The van der Waals surface area contributed by atoms with Crippen molar-refractivity contribution in [2.45, 2.75) is 44.9 Å². The molecule has 2 aliphatic rings. The SMILES string of the molecule is C[C@H]1COc2ccc(CN(C3CC3)S(C)(=O)=O)cc2CN1C(=O)c1cscn1. The fraction of sp³-hybridized carbons (Fsp3) is 0.474. The summed E-state index contributed by atoms with van der Waals surface area (Å²) >= 11 is 1.39. The molecule has 2 aromatic rings. The lowest BCUT2D eigenvalue weighted by Crippen LogP contribution is -2.40. The molecule has 0 spiro atoms. The molecule has 4 rings (SSSR count). The molecular weight excluding hydrogens is 398 g/mol. The molecule has 1 fully saturated rings. The van der Waals surface area contributed by atoms with Crippen molar-refractivity contribution in [1.29, 1.82) is 0 Å². The summed E-state index contributed by atoms with van der Waals surface area (Å²) in [4.78, 5) is 18.8. The number of ether oxygens (including phenoxy) is 1. The number of sulfonamides is 1. The van der Waals surface area contributed by atoms with Crippen molar-refractivity contribution in [1.82, 2.24) is 14.2 Å². The molecule has 150 valence electrons. The number of thiazole rings is 1. The zero-order chi connectivity index (χ0) is 19.9. The largest absolute Gasteiger partial charge is 0.491 e. The van der Waals surface area contributed by atoms with Gasteiger partial charge in [-0.15, -0.1) is 11.3 Å². The van der Waals surface area contributed by atoms with E-state index in [0.717, 1.165) is 29.7 Å². The maximum absolute atomic E-state index is 12.9. The normalized spacial score (nSPS) is 19.8. The van der Waals surface area contributed by atoms with Gasteiger partial charge in [0.2, 0.25) is 10.0 Å². The minimum Gasteiger partial charge on any atom is -0.491 e. The van der Waals surface area contributed by atoms with Crippen molar-refractivity contribution in [3.05, 3.63) is 45.9 Å². The number of nitrogens with zero attached hydrogens (tertiary/aromatic N) is 3. The molecule has 0 unspecified atom stereocenters. The van der Waals surface area contributed by atoms with Crippen LogP contribution in [0.2, 0.25) is 0 Å². The highest BCUT2D eigenvalue weighted by Crippen LogP contribution is 2.32. The van der Waals surface area contributed by atoms with Crippen molar-refractivity contribution in [3.63, 3.8) is 0 Å². The number of hydrogen-bond acceptors (Lipinski definition) is 6. The third kappa shape index (κ3) is 4.06. The molecule has 1 aliphatic carbocycles. The lowest BCUT2D eigenvalue weighted by atomic mass is 10.1. The van der Waals surface area contributed by atoms with E-state index in [1.165, 1.54) is 17.6 Å². The fourth-order valence-electron chi connectivity index (χ4n) is 3.43. The Balaban J connectivity index is 1.59. The Kier molecular flexibility index (Phi) is 5.15. The lowest BCUT2D eigenvalue weighted by molar-refractivity contribution is 0.0640. The smallest absolute Gasteiger partial charge is 0.273 e. The van der Waals surface area contributed by atoms with Gasteiger partial charge in [-0.25, -0.2) is 13.4 Å². The summed E-state index contributed by atoms with van der Waals surface area (Å²) in [6.45, 7) is 3.10. The standard InChI is InChI=1S/C19H23N3O4S2/c1-13-10-26-18-6-3-14(8-22(16-4-5-16)28(2,24)25)7-15(18)9-21(13)19(23)17-11-27-12-20-17/h3,6-7,11-13,16H,4-5,8-10H2,1-2H3/t13-/m0/s1. The molecule has 2 heterocycles. The summed E-state index contributed by atoms with van der Waals surface area (Å²) in [7, 11) is -3.26. The van der Waals surface area contributed by atoms with E-state index in [4.69, 9.17) is 4.74 Å². The third-order valence-corrected chi connectivity index (χ3v) is 6.97. The summed E-state index contributed by atoms with van der Waals surface area (Å²) in [6, 6.07) is 5.75. The topological polar surface area (TPSA) is 79.8 Å². The van der Waals surface area contributed by atoms with Gasteiger partial charge in [-0.1, -0.05) is 6.07 Å². The minimum absolute atomic E-state index is 0.0935. The van der Waals surface area contributed by atoms with E-state index < -0.39 is 10.0 Å². The van der Waals surface area contributed by atoms with E-state index in [-0.39, 0.29) is 18.0 Å². The first-order chi connectivity index (χ1) is 13.3. The van der Waals surface area contributed by atoms with Crippen LogP contribution in [0.3, 0.4) is 0 Å². The zero-order valence-electron chi connectivity index (χ0n) is 15.9. The maximum atomic E-state index is 12.9. The van der Waals surface area contributed by atoms with Gasteiger partial charge in [0.05, 0.1) is 24.4 Å².